The summed E-state index contributed by atoms with van der Waals surface area (Å²) in [5.41, 5.74) is -0.0590. The van der Waals surface area contributed by atoms with E-state index in [2.05, 4.69) is 57.0 Å². The molecule has 0 aromatic carbocycles. The maximum atomic E-state index is 9.64. The fraction of sp³-hybridized carbons (Fsp3) is 1.00. The van der Waals surface area contributed by atoms with Gasteiger partial charge in [0.25, 0.3) is 0 Å². The second-order valence-corrected chi connectivity index (χ2v) is 5.37. The standard InChI is InChI=1S/C11H27N3O/c1-12(2)7-11(10-15,8-13(3)4)9-14(5)6/h15H,7-10H2,1-6H3. The van der Waals surface area contributed by atoms with Gasteiger partial charge in [-0.2, -0.15) is 0 Å². The molecule has 0 aliphatic heterocycles. The van der Waals surface area contributed by atoms with Crippen LogP contribution in [-0.4, -0.2) is 88.3 Å². The molecule has 0 aromatic rings. The van der Waals surface area contributed by atoms with Gasteiger partial charge in [0.1, 0.15) is 0 Å². The average molecular weight is 217 g/mol. The molecule has 1 N–H and O–H groups in total. The van der Waals surface area contributed by atoms with Crippen molar-refractivity contribution in [3.63, 3.8) is 0 Å². The van der Waals surface area contributed by atoms with Crippen LogP contribution in [0, 0.1) is 5.41 Å². The van der Waals surface area contributed by atoms with Gasteiger partial charge in [-0.05, 0) is 42.3 Å². The minimum absolute atomic E-state index is 0.0590. The summed E-state index contributed by atoms with van der Waals surface area (Å²) >= 11 is 0. The van der Waals surface area contributed by atoms with Crippen LogP contribution >= 0.6 is 0 Å². The molecule has 0 aliphatic carbocycles. The van der Waals surface area contributed by atoms with Crippen molar-refractivity contribution in [1.82, 2.24) is 14.7 Å². The molecule has 0 saturated carbocycles. The van der Waals surface area contributed by atoms with Crippen molar-refractivity contribution in [2.24, 2.45) is 5.41 Å². The van der Waals surface area contributed by atoms with Crippen LogP contribution in [0.2, 0.25) is 0 Å². The Morgan fingerprint density at radius 1 is 0.733 bits per heavy atom. The summed E-state index contributed by atoms with van der Waals surface area (Å²) in [5.74, 6) is 0. The summed E-state index contributed by atoms with van der Waals surface area (Å²) in [6, 6.07) is 0. The van der Waals surface area contributed by atoms with Crippen LogP contribution in [0.1, 0.15) is 0 Å². The van der Waals surface area contributed by atoms with Gasteiger partial charge in [0, 0.05) is 25.0 Å². The minimum Gasteiger partial charge on any atom is -0.396 e. The molecule has 0 radical (unpaired) electrons. The Kier molecular flexibility index (Phi) is 6.36. The molecular formula is C11H27N3O. The molecule has 4 nitrogen and oxygen atoms in total. The van der Waals surface area contributed by atoms with Gasteiger partial charge in [0.05, 0.1) is 6.61 Å². The molecule has 0 bridgehead atoms. The van der Waals surface area contributed by atoms with Gasteiger partial charge in [-0.15, -0.1) is 0 Å². The van der Waals surface area contributed by atoms with E-state index in [9.17, 15) is 5.11 Å². The van der Waals surface area contributed by atoms with Crippen LogP contribution in [0.15, 0.2) is 0 Å². The lowest BCUT2D eigenvalue weighted by Gasteiger charge is -2.38. The zero-order chi connectivity index (χ0) is 12.1. The Bertz CT molecular complexity index is 143. The number of nitrogens with zero attached hydrogens (tertiary/aromatic N) is 3. The lowest BCUT2D eigenvalue weighted by atomic mass is 9.87. The fourth-order valence-corrected chi connectivity index (χ4v) is 2.31. The first-order valence-electron chi connectivity index (χ1n) is 5.36. The molecule has 0 fully saturated rings. The van der Waals surface area contributed by atoms with Crippen LogP contribution in [0.5, 0.6) is 0 Å². The van der Waals surface area contributed by atoms with E-state index in [0.717, 1.165) is 19.6 Å². The minimum atomic E-state index is -0.0590. The predicted molar refractivity (Wildman–Crippen MR) is 65.2 cm³/mol. The van der Waals surface area contributed by atoms with Crippen LogP contribution in [-0.2, 0) is 0 Å². The van der Waals surface area contributed by atoms with Crippen LogP contribution < -0.4 is 0 Å². The van der Waals surface area contributed by atoms with Crippen molar-refractivity contribution < 1.29 is 5.11 Å². The maximum absolute atomic E-state index is 9.64. The Morgan fingerprint density at radius 3 is 1.13 bits per heavy atom. The monoisotopic (exact) mass is 217 g/mol. The predicted octanol–water partition coefficient (Wildman–Crippen LogP) is -0.350. The highest BCUT2D eigenvalue weighted by molar-refractivity contribution is 4.85. The summed E-state index contributed by atoms with van der Waals surface area (Å²) in [6.07, 6.45) is 0. The van der Waals surface area contributed by atoms with Crippen LogP contribution in [0.4, 0.5) is 0 Å². The van der Waals surface area contributed by atoms with Crippen molar-refractivity contribution in [3.05, 3.63) is 0 Å². The highest BCUT2D eigenvalue weighted by Gasteiger charge is 2.31. The SMILES string of the molecule is CN(C)CC(CO)(CN(C)C)CN(C)C. The van der Waals surface area contributed by atoms with Crippen LogP contribution in [0.25, 0.3) is 0 Å². The van der Waals surface area contributed by atoms with E-state index in [1.807, 2.05) is 0 Å². The summed E-state index contributed by atoms with van der Waals surface area (Å²) in [7, 11) is 12.3. The Labute approximate surface area is 94.5 Å². The maximum Gasteiger partial charge on any atom is 0.0524 e. The van der Waals surface area contributed by atoms with Crippen molar-refractivity contribution in [1.29, 1.82) is 0 Å². The lowest BCUT2D eigenvalue weighted by molar-refractivity contribution is 0.0419. The summed E-state index contributed by atoms with van der Waals surface area (Å²) in [5, 5.41) is 9.64. The molecule has 4 heteroatoms. The van der Waals surface area contributed by atoms with Gasteiger partial charge in [0.15, 0.2) is 0 Å². The van der Waals surface area contributed by atoms with Crippen LogP contribution in [0.3, 0.4) is 0 Å². The van der Waals surface area contributed by atoms with Gasteiger partial charge >= 0.3 is 0 Å². The zero-order valence-electron chi connectivity index (χ0n) is 11.1. The zero-order valence-corrected chi connectivity index (χ0v) is 11.1. The smallest absolute Gasteiger partial charge is 0.0524 e. The van der Waals surface area contributed by atoms with Crippen molar-refractivity contribution in [2.45, 2.75) is 0 Å². The third-order valence-electron chi connectivity index (χ3n) is 2.29. The van der Waals surface area contributed by atoms with Crippen molar-refractivity contribution in [3.8, 4) is 0 Å². The first kappa shape index (κ1) is 14.8. The molecule has 0 aromatic heterocycles. The molecule has 0 spiro atoms. The van der Waals surface area contributed by atoms with E-state index in [1.54, 1.807) is 0 Å². The average Bonchev–Trinajstić information content (AvgIpc) is 1.99. The third kappa shape index (κ3) is 6.10. The molecule has 0 amide bonds. The topological polar surface area (TPSA) is 30.0 Å². The fourth-order valence-electron chi connectivity index (χ4n) is 2.31. The highest BCUT2D eigenvalue weighted by Crippen LogP contribution is 2.19. The van der Waals surface area contributed by atoms with E-state index in [-0.39, 0.29) is 12.0 Å². The van der Waals surface area contributed by atoms with E-state index < -0.39 is 0 Å². The quantitative estimate of drug-likeness (QED) is 0.631. The van der Waals surface area contributed by atoms with Crippen molar-refractivity contribution in [2.75, 3.05) is 68.5 Å². The molecule has 0 atom stereocenters. The number of hydrogen-bond acceptors (Lipinski definition) is 4. The van der Waals surface area contributed by atoms with E-state index >= 15 is 0 Å². The Hall–Kier alpha value is -0.160. The molecule has 0 heterocycles. The lowest BCUT2D eigenvalue weighted by Crippen LogP contribution is -2.50. The normalized spacial score (nSPS) is 13.2. The number of hydrogen-bond donors (Lipinski definition) is 1. The largest absolute Gasteiger partial charge is 0.396 e. The highest BCUT2D eigenvalue weighted by atomic mass is 16.3. The van der Waals surface area contributed by atoms with Gasteiger partial charge in [-0.1, -0.05) is 0 Å². The van der Waals surface area contributed by atoms with E-state index in [4.69, 9.17) is 0 Å². The summed E-state index contributed by atoms with van der Waals surface area (Å²) < 4.78 is 0. The second-order valence-electron chi connectivity index (χ2n) is 5.37. The molecule has 92 valence electrons. The number of aliphatic hydroxyl groups excluding tert-OH is 1. The van der Waals surface area contributed by atoms with Gasteiger partial charge in [-0.3, -0.25) is 0 Å². The van der Waals surface area contributed by atoms with E-state index in [0.29, 0.717) is 0 Å². The Balaban J connectivity index is 4.59. The van der Waals surface area contributed by atoms with Gasteiger partial charge < -0.3 is 19.8 Å². The third-order valence-corrected chi connectivity index (χ3v) is 2.29. The molecule has 0 aliphatic rings. The molecular weight excluding hydrogens is 190 g/mol. The Morgan fingerprint density at radius 2 is 1.00 bits per heavy atom. The molecule has 15 heavy (non-hydrogen) atoms. The van der Waals surface area contributed by atoms with Crippen molar-refractivity contribution >= 4 is 0 Å². The molecule has 0 saturated heterocycles. The molecule has 0 unspecified atom stereocenters. The number of aliphatic hydroxyl groups is 1. The first-order valence-corrected chi connectivity index (χ1v) is 5.36. The second kappa shape index (κ2) is 6.43. The van der Waals surface area contributed by atoms with Gasteiger partial charge in [0.2, 0.25) is 0 Å². The van der Waals surface area contributed by atoms with E-state index in [1.165, 1.54) is 0 Å². The van der Waals surface area contributed by atoms with Gasteiger partial charge in [-0.25, -0.2) is 0 Å². The summed E-state index contributed by atoms with van der Waals surface area (Å²) in [4.78, 5) is 6.43. The summed E-state index contributed by atoms with van der Waals surface area (Å²) in [6.45, 7) is 2.93. The first-order chi connectivity index (χ1) is 6.81. The molecule has 0 rings (SSSR count). The number of rotatable bonds is 7.